The van der Waals surface area contributed by atoms with E-state index in [0.717, 1.165) is 89.2 Å². The summed E-state index contributed by atoms with van der Waals surface area (Å²) in [6.07, 6.45) is 6.85. The maximum atomic E-state index is 11.3. The number of rotatable bonds is 10. The van der Waals surface area contributed by atoms with Crippen LogP contribution in [-0.4, -0.2) is 93.6 Å². The van der Waals surface area contributed by atoms with Gasteiger partial charge in [0.15, 0.2) is 5.75 Å². The summed E-state index contributed by atoms with van der Waals surface area (Å²) in [6.45, 7) is 8.18. The van der Waals surface area contributed by atoms with Crippen molar-refractivity contribution in [2.75, 3.05) is 50.7 Å². The van der Waals surface area contributed by atoms with E-state index in [0.29, 0.717) is 45.3 Å². The molecule has 11 nitrogen and oxygen atoms in total. The first-order valence-corrected chi connectivity index (χ1v) is 16.6. The van der Waals surface area contributed by atoms with Crippen LogP contribution < -0.4 is 15.0 Å². The molecular formula is C33H39Cl2N7O4. The van der Waals surface area contributed by atoms with E-state index < -0.39 is 5.97 Å². The van der Waals surface area contributed by atoms with E-state index in [1.165, 1.54) is 0 Å². The zero-order valence-electron chi connectivity index (χ0n) is 25.9. The molecule has 0 bridgehead atoms. The lowest BCUT2D eigenvalue weighted by molar-refractivity contribution is -0.147. The van der Waals surface area contributed by atoms with Crippen molar-refractivity contribution in [3.8, 4) is 22.9 Å². The largest absolute Gasteiger partial charge is 0.481 e. The molecule has 4 heterocycles. The zero-order valence-corrected chi connectivity index (χ0v) is 27.4. The first kappa shape index (κ1) is 32.4. The van der Waals surface area contributed by atoms with Crippen LogP contribution >= 0.6 is 23.2 Å². The number of piperazine rings is 1. The van der Waals surface area contributed by atoms with Gasteiger partial charge in [0.25, 0.3) is 0 Å². The third-order valence-corrected chi connectivity index (χ3v) is 9.62. The standard InChI is InChI=1S/C33H39Cl2N7O4/c1-21(43)36-17-22-2-4-40(5-3-22)20-23-10-30(24-12-26(34)16-27(35)13-24)39-31(11-23)46-29-18-37-33(38-19-29)42-8-6-41(7-9-42)28-14-25(15-28)32(44)45/h10-13,16,18-19,22,25,28H,2-9,14-15,17,20H2,1H3,(H,36,43)(H,44,45). The number of likely N-dealkylation sites (tertiary alicyclic amines) is 1. The summed E-state index contributed by atoms with van der Waals surface area (Å²) in [5.74, 6) is 1.16. The van der Waals surface area contributed by atoms with Gasteiger partial charge in [-0.25, -0.2) is 15.0 Å². The Morgan fingerprint density at radius 1 is 0.957 bits per heavy atom. The van der Waals surface area contributed by atoms with Crippen LogP contribution in [0.4, 0.5) is 5.95 Å². The number of pyridine rings is 1. The normalized spacial score (nSPS) is 21.1. The molecule has 0 atom stereocenters. The fraction of sp³-hybridized carbons (Fsp3) is 0.485. The first-order chi connectivity index (χ1) is 22.2. The van der Waals surface area contributed by atoms with Crippen LogP contribution in [-0.2, 0) is 16.1 Å². The Bertz CT molecular complexity index is 1520. The highest BCUT2D eigenvalue weighted by Crippen LogP contribution is 2.33. The molecule has 2 N–H and O–H groups in total. The molecule has 2 aliphatic heterocycles. The molecule has 46 heavy (non-hydrogen) atoms. The van der Waals surface area contributed by atoms with Crippen molar-refractivity contribution < 1.29 is 19.4 Å². The van der Waals surface area contributed by atoms with Crippen LogP contribution in [0, 0.1) is 11.8 Å². The molecule has 0 radical (unpaired) electrons. The smallest absolute Gasteiger partial charge is 0.306 e. The minimum atomic E-state index is -0.686. The van der Waals surface area contributed by atoms with Crippen molar-refractivity contribution in [1.82, 2.24) is 30.1 Å². The summed E-state index contributed by atoms with van der Waals surface area (Å²) in [5, 5.41) is 13.2. The van der Waals surface area contributed by atoms with Crippen LogP contribution in [0.3, 0.4) is 0 Å². The fourth-order valence-corrected chi connectivity index (χ4v) is 6.99. The van der Waals surface area contributed by atoms with Gasteiger partial charge in [-0.05, 0) is 74.5 Å². The van der Waals surface area contributed by atoms with Gasteiger partial charge in [0.2, 0.25) is 17.7 Å². The molecule has 3 aromatic rings. The van der Waals surface area contributed by atoms with Crippen molar-refractivity contribution in [1.29, 1.82) is 0 Å². The summed E-state index contributed by atoms with van der Waals surface area (Å²) >= 11 is 12.7. The molecule has 6 rings (SSSR count). The third kappa shape index (κ3) is 8.25. The van der Waals surface area contributed by atoms with Crippen LogP contribution in [0.25, 0.3) is 11.3 Å². The molecule has 0 spiro atoms. The Kier molecular flexibility index (Phi) is 10.2. The second kappa shape index (κ2) is 14.5. The second-order valence-electron chi connectivity index (χ2n) is 12.5. The van der Waals surface area contributed by atoms with E-state index in [9.17, 15) is 14.7 Å². The predicted molar refractivity (Wildman–Crippen MR) is 176 cm³/mol. The topological polar surface area (TPSA) is 124 Å². The van der Waals surface area contributed by atoms with Gasteiger partial charge in [-0.2, -0.15) is 0 Å². The SMILES string of the molecule is CC(=O)NCC1CCN(Cc2cc(Oc3cnc(N4CCN(C5CC(C(=O)O)C5)CC4)nc3)nc(-c3cc(Cl)cc(Cl)c3)c2)CC1. The zero-order chi connectivity index (χ0) is 32.2. The first-order valence-electron chi connectivity index (χ1n) is 15.8. The average molecular weight is 669 g/mol. The highest BCUT2D eigenvalue weighted by Gasteiger charge is 2.39. The van der Waals surface area contributed by atoms with Gasteiger partial charge in [-0.1, -0.05) is 23.2 Å². The highest BCUT2D eigenvalue weighted by atomic mass is 35.5. The number of carboxylic acids is 1. The van der Waals surface area contributed by atoms with Crippen molar-refractivity contribution in [2.24, 2.45) is 11.8 Å². The number of piperidine rings is 1. The number of nitrogens with one attached hydrogen (secondary N) is 1. The van der Waals surface area contributed by atoms with Gasteiger partial charge >= 0.3 is 5.97 Å². The molecular weight excluding hydrogens is 629 g/mol. The summed E-state index contributed by atoms with van der Waals surface area (Å²) < 4.78 is 6.21. The number of carboxylic acid groups (broad SMARTS) is 1. The average Bonchev–Trinajstić information content (AvgIpc) is 3.00. The Morgan fingerprint density at radius 2 is 1.63 bits per heavy atom. The molecule has 244 valence electrons. The molecule has 3 aliphatic rings. The number of halogens is 2. The molecule has 1 saturated carbocycles. The Balaban J connectivity index is 1.11. The van der Waals surface area contributed by atoms with E-state index >= 15 is 0 Å². The molecule has 13 heteroatoms. The van der Waals surface area contributed by atoms with Gasteiger partial charge in [0.05, 0.1) is 24.0 Å². The second-order valence-corrected chi connectivity index (χ2v) is 13.4. The van der Waals surface area contributed by atoms with Crippen LogP contribution in [0.1, 0.15) is 38.2 Å². The number of aromatic nitrogens is 3. The summed E-state index contributed by atoms with van der Waals surface area (Å²) in [7, 11) is 0. The highest BCUT2D eigenvalue weighted by molar-refractivity contribution is 6.35. The Hall–Kier alpha value is -3.51. The number of hydrogen-bond donors (Lipinski definition) is 2. The van der Waals surface area contributed by atoms with Gasteiger partial charge in [0, 0.05) is 73.9 Å². The van der Waals surface area contributed by atoms with Crippen LogP contribution in [0.2, 0.25) is 10.0 Å². The molecule has 0 unspecified atom stereocenters. The number of carbonyl (C=O) groups is 2. The van der Waals surface area contributed by atoms with Crippen LogP contribution in [0.5, 0.6) is 11.6 Å². The van der Waals surface area contributed by atoms with E-state index in [2.05, 4.69) is 30.0 Å². The lowest BCUT2D eigenvalue weighted by Crippen LogP contribution is -2.55. The minimum Gasteiger partial charge on any atom is -0.481 e. The van der Waals surface area contributed by atoms with E-state index in [4.69, 9.17) is 32.9 Å². The van der Waals surface area contributed by atoms with Crippen molar-refractivity contribution in [3.63, 3.8) is 0 Å². The van der Waals surface area contributed by atoms with Crippen molar-refractivity contribution in [3.05, 3.63) is 58.3 Å². The summed E-state index contributed by atoms with van der Waals surface area (Å²) in [5.41, 5.74) is 2.55. The number of carbonyl (C=O) groups excluding carboxylic acids is 1. The Morgan fingerprint density at radius 3 is 2.26 bits per heavy atom. The Labute approximate surface area is 278 Å². The van der Waals surface area contributed by atoms with E-state index in [1.807, 2.05) is 24.3 Å². The number of amides is 1. The monoisotopic (exact) mass is 667 g/mol. The van der Waals surface area contributed by atoms with Gasteiger partial charge < -0.3 is 20.1 Å². The lowest BCUT2D eigenvalue weighted by Gasteiger charge is -2.45. The summed E-state index contributed by atoms with van der Waals surface area (Å²) in [4.78, 5) is 43.4. The number of anilines is 1. The van der Waals surface area contributed by atoms with Gasteiger partial charge in [-0.15, -0.1) is 0 Å². The van der Waals surface area contributed by atoms with Gasteiger partial charge in [0.1, 0.15) is 0 Å². The fourth-order valence-electron chi connectivity index (χ4n) is 6.47. The van der Waals surface area contributed by atoms with Gasteiger partial charge in [-0.3, -0.25) is 19.4 Å². The molecule has 1 aliphatic carbocycles. The quantitative estimate of drug-likeness (QED) is 0.306. The number of nitrogens with zero attached hydrogens (tertiary/aromatic N) is 6. The minimum absolute atomic E-state index is 0.0149. The number of ether oxygens (including phenoxy) is 1. The third-order valence-electron chi connectivity index (χ3n) is 9.19. The maximum absolute atomic E-state index is 11.3. The van der Waals surface area contributed by atoms with E-state index in [-0.39, 0.29) is 11.8 Å². The van der Waals surface area contributed by atoms with E-state index in [1.54, 1.807) is 25.4 Å². The summed E-state index contributed by atoms with van der Waals surface area (Å²) in [6, 6.07) is 9.72. The molecule has 2 saturated heterocycles. The van der Waals surface area contributed by atoms with Crippen molar-refractivity contribution >= 4 is 41.0 Å². The molecule has 2 aromatic heterocycles. The molecule has 1 aromatic carbocycles. The number of hydrogen-bond acceptors (Lipinski definition) is 9. The van der Waals surface area contributed by atoms with Crippen LogP contribution in [0.15, 0.2) is 42.7 Å². The maximum Gasteiger partial charge on any atom is 0.306 e. The van der Waals surface area contributed by atoms with Crippen molar-refractivity contribution in [2.45, 2.75) is 45.2 Å². The predicted octanol–water partition coefficient (Wildman–Crippen LogP) is 4.97. The number of benzene rings is 1. The molecule has 3 fully saturated rings. The number of aliphatic carboxylic acids is 1. The molecule has 1 amide bonds. The lowest BCUT2D eigenvalue weighted by atomic mass is 9.79.